The van der Waals surface area contributed by atoms with Crippen molar-refractivity contribution < 1.29 is 27.5 Å². The molecular formula is C26H26N2O6S. The number of carbonyl (C=O) groups excluding carboxylic acids is 2. The van der Waals surface area contributed by atoms with Crippen molar-refractivity contribution in [3.05, 3.63) is 83.4 Å². The van der Waals surface area contributed by atoms with Crippen LogP contribution in [0.15, 0.2) is 71.6 Å². The summed E-state index contributed by atoms with van der Waals surface area (Å²) in [6.07, 6.45) is -1.09. The summed E-state index contributed by atoms with van der Waals surface area (Å²) in [7, 11) is -3.95. The molecule has 1 aliphatic rings. The highest BCUT2D eigenvalue weighted by molar-refractivity contribution is 7.92. The molecule has 3 aromatic carbocycles. The lowest BCUT2D eigenvalue weighted by Crippen LogP contribution is -2.48. The first-order chi connectivity index (χ1) is 16.7. The second-order valence-corrected chi connectivity index (χ2v) is 10.1. The number of esters is 1. The maximum absolute atomic E-state index is 13.5. The molecule has 0 radical (unpaired) electrons. The van der Waals surface area contributed by atoms with Crippen LogP contribution in [0.3, 0.4) is 0 Å². The molecule has 0 saturated heterocycles. The number of carbonyl (C=O) groups is 2. The van der Waals surface area contributed by atoms with Crippen LogP contribution in [0.1, 0.15) is 28.4 Å². The second-order valence-electron chi connectivity index (χ2n) is 8.21. The van der Waals surface area contributed by atoms with Crippen molar-refractivity contribution in [3.8, 4) is 5.75 Å². The highest BCUT2D eigenvalue weighted by Crippen LogP contribution is 2.38. The molecule has 4 rings (SSSR count). The number of anilines is 2. The summed E-state index contributed by atoms with van der Waals surface area (Å²) < 4.78 is 39.2. The average Bonchev–Trinajstić information content (AvgIpc) is 2.84. The largest absolute Gasteiger partial charge is 0.476 e. The van der Waals surface area contributed by atoms with Crippen LogP contribution < -0.4 is 14.4 Å². The van der Waals surface area contributed by atoms with Crippen LogP contribution in [0, 0.1) is 13.8 Å². The standard InChI is InChI=1S/C26H26N2O6S/c1-4-33-26(30)19-8-10-20(11-9-19)27-25(29)24-16-28(22-15-18(3)7-14-23(22)34-24)35(31,32)21-12-5-17(2)6-13-21/h5-15,24H,4,16H2,1-3H3,(H,27,29)/t24-/m0/s1. The smallest absolute Gasteiger partial charge is 0.338 e. The summed E-state index contributed by atoms with van der Waals surface area (Å²) in [5.74, 6) is -0.663. The Morgan fingerprint density at radius 1 is 1.00 bits per heavy atom. The third-order valence-corrected chi connectivity index (χ3v) is 7.34. The van der Waals surface area contributed by atoms with E-state index < -0.39 is 28.0 Å². The van der Waals surface area contributed by atoms with Crippen LogP contribution >= 0.6 is 0 Å². The molecule has 1 N–H and O–H groups in total. The maximum atomic E-state index is 13.5. The van der Waals surface area contributed by atoms with Gasteiger partial charge in [-0.2, -0.15) is 0 Å². The van der Waals surface area contributed by atoms with Crippen LogP contribution in [0.5, 0.6) is 5.75 Å². The lowest BCUT2D eigenvalue weighted by atomic mass is 10.1. The lowest BCUT2D eigenvalue weighted by Gasteiger charge is -2.35. The Morgan fingerprint density at radius 3 is 2.31 bits per heavy atom. The van der Waals surface area contributed by atoms with Gasteiger partial charge < -0.3 is 14.8 Å². The molecule has 0 bridgehead atoms. The molecule has 1 atom stereocenters. The van der Waals surface area contributed by atoms with Crippen LogP contribution in [-0.4, -0.2) is 39.5 Å². The first kappa shape index (κ1) is 24.3. The van der Waals surface area contributed by atoms with E-state index in [0.717, 1.165) is 11.1 Å². The van der Waals surface area contributed by atoms with Gasteiger partial charge in [0.15, 0.2) is 6.10 Å². The number of hydrogen-bond donors (Lipinski definition) is 1. The van der Waals surface area contributed by atoms with Gasteiger partial charge in [0.25, 0.3) is 15.9 Å². The van der Waals surface area contributed by atoms with Gasteiger partial charge >= 0.3 is 5.97 Å². The number of ether oxygens (including phenoxy) is 2. The maximum Gasteiger partial charge on any atom is 0.338 e. The Morgan fingerprint density at radius 2 is 1.66 bits per heavy atom. The van der Waals surface area contributed by atoms with Gasteiger partial charge in [-0.25, -0.2) is 13.2 Å². The van der Waals surface area contributed by atoms with Gasteiger partial charge in [-0.05, 0) is 74.9 Å². The molecule has 0 aromatic heterocycles. The minimum atomic E-state index is -3.95. The first-order valence-electron chi connectivity index (χ1n) is 11.1. The number of aryl methyl sites for hydroxylation is 2. The van der Waals surface area contributed by atoms with Gasteiger partial charge in [0.2, 0.25) is 0 Å². The monoisotopic (exact) mass is 494 g/mol. The topological polar surface area (TPSA) is 102 Å². The number of benzene rings is 3. The summed E-state index contributed by atoms with van der Waals surface area (Å²) in [6, 6.07) is 18.0. The minimum absolute atomic E-state index is 0.131. The molecule has 0 aliphatic carbocycles. The Bertz CT molecular complexity index is 1350. The van der Waals surface area contributed by atoms with E-state index in [1.807, 2.05) is 13.8 Å². The molecule has 3 aromatic rings. The molecule has 1 amide bonds. The van der Waals surface area contributed by atoms with Gasteiger partial charge in [0, 0.05) is 5.69 Å². The van der Waals surface area contributed by atoms with Crippen LogP contribution in [-0.2, 0) is 19.6 Å². The Hall–Kier alpha value is -3.85. The van der Waals surface area contributed by atoms with Gasteiger partial charge in [-0.3, -0.25) is 9.10 Å². The van der Waals surface area contributed by atoms with Crippen molar-refractivity contribution in [2.75, 3.05) is 22.8 Å². The number of rotatable bonds is 6. The SMILES string of the molecule is CCOC(=O)c1ccc(NC(=O)[C@@H]2CN(S(=O)(=O)c3ccc(C)cc3)c3cc(C)ccc3O2)cc1. The van der Waals surface area contributed by atoms with Crippen LogP contribution in [0.2, 0.25) is 0 Å². The summed E-state index contributed by atoms with van der Waals surface area (Å²) in [5.41, 5.74) is 2.98. The molecule has 8 nitrogen and oxygen atoms in total. The van der Waals surface area contributed by atoms with E-state index in [-0.39, 0.29) is 18.0 Å². The zero-order valence-electron chi connectivity index (χ0n) is 19.6. The second kappa shape index (κ2) is 9.79. The van der Waals surface area contributed by atoms with Crippen LogP contribution in [0.25, 0.3) is 0 Å². The number of fused-ring (bicyclic) bond motifs is 1. The quantitative estimate of drug-likeness (QED) is 0.518. The zero-order valence-corrected chi connectivity index (χ0v) is 20.5. The van der Waals surface area contributed by atoms with Gasteiger partial charge in [-0.1, -0.05) is 23.8 Å². The summed E-state index contributed by atoms with van der Waals surface area (Å²) >= 11 is 0. The highest BCUT2D eigenvalue weighted by atomic mass is 32.2. The van der Waals surface area contributed by atoms with Crippen molar-refractivity contribution >= 4 is 33.3 Å². The van der Waals surface area contributed by atoms with Crippen molar-refractivity contribution in [2.45, 2.75) is 31.8 Å². The number of amides is 1. The number of nitrogens with one attached hydrogen (secondary N) is 1. The molecule has 0 fully saturated rings. The van der Waals surface area contributed by atoms with E-state index in [2.05, 4.69) is 5.32 Å². The van der Waals surface area contributed by atoms with Crippen LogP contribution in [0.4, 0.5) is 11.4 Å². The zero-order chi connectivity index (χ0) is 25.2. The van der Waals surface area contributed by atoms with Crippen molar-refractivity contribution in [2.24, 2.45) is 0 Å². The molecule has 1 aliphatic heterocycles. The Labute approximate surface area is 204 Å². The van der Waals surface area contributed by atoms with Gasteiger partial charge in [-0.15, -0.1) is 0 Å². The van der Waals surface area contributed by atoms with E-state index in [1.165, 1.54) is 4.31 Å². The normalized spacial score (nSPS) is 15.1. The minimum Gasteiger partial charge on any atom is -0.476 e. The van der Waals surface area contributed by atoms with Crippen molar-refractivity contribution in [1.82, 2.24) is 0 Å². The number of sulfonamides is 1. The molecule has 0 spiro atoms. The fourth-order valence-electron chi connectivity index (χ4n) is 3.69. The van der Waals surface area contributed by atoms with Gasteiger partial charge in [0.1, 0.15) is 5.75 Å². The molecule has 182 valence electrons. The Kier molecular flexibility index (Phi) is 6.79. The third kappa shape index (κ3) is 5.14. The summed E-state index contributed by atoms with van der Waals surface area (Å²) in [5, 5.41) is 2.73. The average molecular weight is 495 g/mol. The third-order valence-electron chi connectivity index (χ3n) is 5.55. The predicted octanol–water partition coefficient (Wildman–Crippen LogP) is 4.08. The van der Waals surface area contributed by atoms with E-state index in [9.17, 15) is 18.0 Å². The summed E-state index contributed by atoms with van der Waals surface area (Å²) in [6.45, 7) is 5.52. The molecule has 9 heteroatoms. The predicted molar refractivity (Wildman–Crippen MR) is 132 cm³/mol. The number of nitrogens with zero attached hydrogens (tertiary/aromatic N) is 1. The van der Waals surface area contributed by atoms with Crippen molar-refractivity contribution in [3.63, 3.8) is 0 Å². The Balaban J connectivity index is 1.60. The van der Waals surface area contributed by atoms with E-state index in [1.54, 1.807) is 73.7 Å². The fourth-order valence-corrected chi connectivity index (χ4v) is 5.16. The molecule has 0 saturated carbocycles. The van der Waals surface area contributed by atoms with E-state index in [4.69, 9.17) is 9.47 Å². The fraction of sp³-hybridized carbons (Fsp3) is 0.231. The van der Waals surface area contributed by atoms with Crippen molar-refractivity contribution in [1.29, 1.82) is 0 Å². The van der Waals surface area contributed by atoms with E-state index in [0.29, 0.717) is 22.7 Å². The number of hydrogen-bond acceptors (Lipinski definition) is 6. The summed E-state index contributed by atoms with van der Waals surface area (Å²) in [4.78, 5) is 25.0. The molecule has 0 unspecified atom stereocenters. The van der Waals surface area contributed by atoms with Gasteiger partial charge in [0.05, 0.1) is 29.3 Å². The molecule has 1 heterocycles. The highest BCUT2D eigenvalue weighted by Gasteiger charge is 2.37. The molecular weight excluding hydrogens is 468 g/mol. The first-order valence-corrected chi connectivity index (χ1v) is 12.6. The molecule has 35 heavy (non-hydrogen) atoms. The van der Waals surface area contributed by atoms with E-state index >= 15 is 0 Å². The lowest BCUT2D eigenvalue weighted by molar-refractivity contribution is -0.122.